The molecular weight excluding hydrogens is 330 g/mol. The predicted octanol–water partition coefficient (Wildman–Crippen LogP) is 2.37. The molecule has 0 bridgehead atoms. The summed E-state index contributed by atoms with van der Waals surface area (Å²) in [4.78, 5) is 26.8. The van der Waals surface area contributed by atoms with Crippen LogP contribution in [0.3, 0.4) is 0 Å². The molecule has 6 heteroatoms. The highest BCUT2D eigenvalue weighted by Gasteiger charge is 2.53. The summed E-state index contributed by atoms with van der Waals surface area (Å²) in [5.41, 5.74) is 0.728. The smallest absolute Gasteiger partial charge is 0.255 e. The number of ether oxygens (including phenoxy) is 1. The summed E-state index contributed by atoms with van der Waals surface area (Å²) in [6.45, 7) is 6.05. The molecule has 2 amide bonds. The number of carbonyl (C=O) groups is 2. The van der Waals surface area contributed by atoms with E-state index in [1.54, 1.807) is 0 Å². The lowest BCUT2D eigenvalue weighted by atomic mass is 9.84. The molecule has 2 saturated heterocycles. The average molecular weight is 357 g/mol. The number of benzene rings is 1. The molecule has 3 heterocycles. The zero-order valence-corrected chi connectivity index (χ0v) is 15.5. The molecule has 1 aromatic rings. The number of nitrogens with one attached hydrogen (secondary N) is 2. The fraction of sp³-hybridized carbons (Fsp3) is 0.600. The molecule has 0 radical (unpaired) electrons. The molecule has 2 spiro atoms. The van der Waals surface area contributed by atoms with Gasteiger partial charge in [0.2, 0.25) is 5.91 Å². The topological polar surface area (TPSA) is 70.7 Å². The van der Waals surface area contributed by atoms with E-state index in [9.17, 15) is 9.59 Å². The quantitative estimate of drug-likeness (QED) is 0.852. The molecule has 2 fully saturated rings. The summed E-state index contributed by atoms with van der Waals surface area (Å²) in [6.07, 6.45) is 2.97. The Morgan fingerprint density at radius 1 is 1.23 bits per heavy atom. The van der Waals surface area contributed by atoms with Crippen LogP contribution in [-0.2, 0) is 9.53 Å². The van der Waals surface area contributed by atoms with Crippen molar-refractivity contribution < 1.29 is 14.3 Å². The zero-order valence-electron chi connectivity index (χ0n) is 15.5. The van der Waals surface area contributed by atoms with E-state index >= 15 is 0 Å². The van der Waals surface area contributed by atoms with E-state index in [1.807, 2.05) is 29.2 Å². The number of nitrogens with zero attached hydrogens (tertiary/aromatic N) is 1. The number of para-hydroxylation sites is 1. The number of fused-ring (bicyclic) bond motifs is 1. The van der Waals surface area contributed by atoms with Gasteiger partial charge in [-0.2, -0.15) is 0 Å². The second-order valence-corrected chi connectivity index (χ2v) is 8.33. The SMILES string of the molecule is CC(C)CC(=O)N1CCC2(CC1)CC1(CO2)NC(=O)c2ccccc2N1. The maximum Gasteiger partial charge on any atom is 0.255 e. The Kier molecular flexibility index (Phi) is 4.18. The zero-order chi connectivity index (χ0) is 18.4. The molecule has 26 heavy (non-hydrogen) atoms. The normalized spacial score (nSPS) is 26.7. The van der Waals surface area contributed by atoms with E-state index in [0.717, 1.165) is 38.0 Å². The second-order valence-electron chi connectivity index (χ2n) is 8.33. The van der Waals surface area contributed by atoms with E-state index in [1.165, 1.54) is 0 Å². The minimum atomic E-state index is -0.546. The Balaban J connectivity index is 1.43. The van der Waals surface area contributed by atoms with Gasteiger partial charge in [-0.15, -0.1) is 0 Å². The molecule has 0 saturated carbocycles. The van der Waals surface area contributed by atoms with Gasteiger partial charge in [-0.05, 0) is 30.9 Å². The van der Waals surface area contributed by atoms with Crippen molar-refractivity contribution in [3.63, 3.8) is 0 Å². The van der Waals surface area contributed by atoms with Crippen molar-refractivity contribution in [2.75, 3.05) is 25.0 Å². The largest absolute Gasteiger partial charge is 0.370 e. The Hall–Kier alpha value is -2.08. The molecule has 3 aliphatic rings. The Bertz CT molecular complexity index is 725. The van der Waals surface area contributed by atoms with Crippen molar-refractivity contribution in [3.05, 3.63) is 29.8 Å². The van der Waals surface area contributed by atoms with Crippen molar-refractivity contribution in [1.29, 1.82) is 0 Å². The lowest BCUT2D eigenvalue weighted by Gasteiger charge is -2.41. The number of rotatable bonds is 2. The predicted molar refractivity (Wildman–Crippen MR) is 98.8 cm³/mol. The van der Waals surface area contributed by atoms with Crippen LogP contribution in [0.15, 0.2) is 24.3 Å². The number of piperidine rings is 1. The molecule has 0 aromatic heterocycles. The van der Waals surface area contributed by atoms with Gasteiger partial charge >= 0.3 is 0 Å². The van der Waals surface area contributed by atoms with E-state index in [2.05, 4.69) is 24.5 Å². The minimum Gasteiger partial charge on any atom is -0.370 e. The number of hydrogen-bond acceptors (Lipinski definition) is 4. The van der Waals surface area contributed by atoms with Crippen molar-refractivity contribution in [2.45, 2.75) is 50.8 Å². The number of amides is 2. The van der Waals surface area contributed by atoms with Gasteiger partial charge in [0, 0.05) is 31.6 Å². The molecule has 1 atom stereocenters. The van der Waals surface area contributed by atoms with Gasteiger partial charge < -0.3 is 20.3 Å². The van der Waals surface area contributed by atoms with Crippen LogP contribution in [0.25, 0.3) is 0 Å². The maximum atomic E-state index is 12.5. The fourth-order valence-electron chi connectivity index (χ4n) is 4.42. The minimum absolute atomic E-state index is 0.0513. The number of carbonyl (C=O) groups excluding carboxylic acids is 2. The molecule has 4 rings (SSSR count). The first-order valence-corrected chi connectivity index (χ1v) is 9.52. The standard InChI is InChI=1S/C20H27N3O3/c1-14(2)11-17(24)23-9-7-19(8-10-23)12-20(13-26-19)21-16-6-4-3-5-15(16)18(25)22-20/h3-6,14,21H,7-13H2,1-2H3,(H,22,25). The van der Waals surface area contributed by atoms with E-state index in [0.29, 0.717) is 24.5 Å². The third-order valence-electron chi connectivity index (χ3n) is 5.76. The summed E-state index contributed by atoms with van der Waals surface area (Å²) in [6, 6.07) is 7.57. The lowest BCUT2D eigenvalue weighted by Crippen LogP contribution is -2.59. The molecule has 0 aliphatic carbocycles. The lowest BCUT2D eigenvalue weighted by molar-refractivity contribution is -0.136. The van der Waals surface area contributed by atoms with Crippen LogP contribution in [-0.4, -0.2) is 47.7 Å². The monoisotopic (exact) mass is 357 g/mol. The Morgan fingerprint density at radius 3 is 2.69 bits per heavy atom. The summed E-state index contributed by atoms with van der Waals surface area (Å²) in [7, 11) is 0. The van der Waals surface area contributed by atoms with Crippen LogP contribution in [0.2, 0.25) is 0 Å². The average Bonchev–Trinajstić information content (AvgIpc) is 2.92. The van der Waals surface area contributed by atoms with Crippen molar-refractivity contribution in [1.82, 2.24) is 10.2 Å². The summed E-state index contributed by atoms with van der Waals surface area (Å²) < 4.78 is 6.23. The summed E-state index contributed by atoms with van der Waals surface area (Å²) in [5, 5.41) is 6.62. The highest BCUT2D eigenvalue weighted by Crippen LogP contribution is 2.42. The van der Waals surface area contributed by atoms with Crippen LogP contribution in [0.5, 0.6) is 0 Å². The van der Waals surface area contributed by atoms with Gasteiger partial charge in [-0.1, -0.05) is 26.0 Å². The fourth-order valence-corrected chi connectivity index (χ4v) is 4.42. The summed E-state index contributed by atoms with van der Waals surface area (Å²) in [5.74, 6) is 0.566. The summed E-state index contributed by atoms with van der Waals surface area (Å²) >= 11 is 0. The number of likely N-dealkylation sites (tertiary alicyclic amines) is 1. The molecular formula is C20H27N3O3. The van der Waals surface area contributed by atoms with E-state index in [-0.39, 0.29) is 17.4 Å². The second kappa shape index (κ2) is 6.27. The number of hydrogen-bond donors (Lipinski definition) is 2. The van der Waals surface area contributed by atoms with Gasteiger partial charge in [0.25, 0.3) is 5.91 Å². The Morgan fingerprint density at radius 2 is 1.96 bits per heavy atom. The van der Waals surface area contributed by atoms with Crippen molar-refractivity contribution >= 4 is 17.5 Å². The van der Waals surface area contributed by atoms with Crippen molar-refractivity contribution in [2.24, 2.45) is 5.92 Å². The van der Waals surface area contributed by atoms with E-state index in [4.69, 9.17) is 4.74 Å². The van der Waals surface area contributed by atoms with Crippen LogP contribution in [0.1, 0.15) is 49.9 Å². The highest BCUT2D eigenvalue weighted by molar-refractivity contribution is 6.02. The molecule has 1 unspecified atom stereocenters. The first kappa shape index (κ1) is 17.3. The third-order valence-corrected chi connectivity index (χ3v) is 5.76. The molecule has 2 N–H and O–H groups in total. The van der Waals surface area contributed by atoms with E-state index < -0.39 is 5.66 Å². The third kappa shape index (κ3) is 3.07. The molecule has 3 aliphatic heterocycles. The number of anilines is 1. The molecule has 6 nitrogen and oxygen atoms in total. The van der Waals surface area contributed by atoms with Gasteiger partial charge in [-0.3, -0.25) is 9.59 Å². The van der Waals surface area contributed by atoms with Crippen molar-refractivity contribution in [3.8, 4) is 0 Å². The molecule has 140 valence electrons. The van der Waals surface area contributed by atoms with Gasteiger partial charge in [0.05, 0.1) is 17.8 Å². The van der Waals surface area contributed by atoms with Gasteiger partial charge in [0.1, 0.15) is 5.66 Å². The Labute approximate surface area is 154 Å². The first-order chi connectivity index (χ1) is 12.4. The van der Waals surface area contributed by atoms with Gasteiger partial charge in [0.15, 0.2) is 0 Å². The van der Waals surface area contributed by atoms with Gasteiger partial charge in [-0.25, -0.2) is 0 Å². The van der Waals surface area contributed by atoms with Crippen LogP contribution in [0.4, 0.5) is 5.69 Å². The molecule has 1 aromatic carbocycles. The van der Waals surface area contributed by atoms with Crippen LogP contribution >= 0.6 is 0 Å². The first-order valence-electron chi connectivity index (χ1n) is 9.52. The maximum absolute atomic E-state index is 12.5. The van der Waals surface area contributed by atoms with Crippen LogP contribution < -0.4 is 10.6 Å². The highest BCUT2D eigenvalue weighted by atomic mass is 16.5. The van der Waals surface area contributed by atoms with Crippen LogP contribution in [0, 0.1) is 5.92 Å².